The summed E-state index contributed by atoms with van der Waals surface area (Å²) in [6.07, 6.45) is 1.20. The molecule has 0 saturated carbocycles. The maximum atomic E-state index is 12.2. The van der Waals surface area contributed by atoms with Crippen LogP contribution in [0.3, 0.4) is 0 Å². The molecule has 3 aliphatic rings. The van der Waals surface area contributed by atoms with Crippen molar-refractivity contribution in [1.82, 2.24) is 15.1 Å². The highest BCUT2D eigenvalue weighted by molar-refractivity contribution is 8.03. The average molecular weight is 383 g/mol. The maximum Gasteiger partial charge on any atom is 0.353 e. The summed E-state index contributed by atoms with van der Waals surface area (Å²) in [5.41, 5.74) is 0.0633. The molecule has 3 N–H and O–H groups in total. The lowest BCUT2D eigenvalue weighted by atomic mass is 9.83. The van der Waals surface area contributed by atoms with Crippen LogP contribution in [0.4, 0.5) is 0 Å². The first-order valence-corrected chi connectivity index (χ1v) is 9.69. The van der Waals surface area contributed by atoms with Gasteiger partial charge in [0.1, 0.15) is 5.70 Å². The molecule has 5 atom stereocenters. The molecule has 8 nitrogen and oxygen atoms in total. The number of β-lactam (4-membered cyclic amide) rings is 1. The number of carbonyl (C=O) groups excluding carboxylic acids is 2. The smallest absolute Gasteiger partial charge is 0.353 e. The standard InChI is InChI=1S/C17H25N3O5S/c1-8(21)13-11-6-12(14(17(24)25)20(11)16(13)23)26-9-4-5-10(18-7-9)15(22)19(2)3/h8-11,13,18,21H,4-7H2,1-3H3,(H,24,25)/t8-,9+,10+,11-,13-/m1/s1. The normalized spacial score (nSPS) is 32.2. The number of hydrogen-bond donors (Lipinski definition) is 3. The molecule has 2 saturated heterocycles. The Hall–Kier alpha value is -1.58. The number of piperidine rings is 1. The van der Waals surface area contributed by atoms with Crippen molar-refractivity contribution in [2.75, 3.05) is 20.6 Å². The molecule has 0 bridgehead atoms. The van der Waals surface area contributed by atoms with Gasteiger partial charge < -0.3 is 25.3 Å². The Bertz CT molecular complexity index is 655. The zero-order valence-electron chi connectivity index (χ0n) is 15.1. The van der Waals surface area contributed by atoms with Crippen LogP contribution < -0.4 is 5.32 Å². The van der Waals surface area contributed by atoms with Gasteiger partial charge in [0.2, 0.25) is 11.8 Å². The van der Waals surface area contributed by atoms with Gasteiger partial charge in [-0.15, -0.1) is 11.8 Å². The molecule has 144 valence electrons. The molecule has 3 heterocycles. The molecule has 0 spiro atoms. The van der Waals surface area contributed by atoms with Crippen molar-refractivity contribution in [3.8, 4) is 0 Å². The van der Waals surface area contributed by atoms with Gasteiger partial charge in [-0.25, -0.2) is 4.79 Å². The number of fused-ring (bicyclic) bond motifs is 1. The number of amides is 2. The van der Waals surface area contributed by atoms with E-state index >= 15 is 0 Å². The fraction of sp³-hybridized carbons (Fsp3) is 0.706. The van der Waals surface area contributed by atoms with Crippen LogP contribution in [0.15, 0.2) is 10.6 Å². The van der Waals surface area contributed by atoms with Crippen molar-refractivity contribution in [3.63, 3.8) is 0 Å². The molecule has 0 aromatic carbocycles. The van der Waals surface area contributed by atoms with Crippen LogP contribution in [0.1, 0.15) is 26.2 Å². The van der Waals surface area contributed by atoms with Crippen LogP contribution in [-0.4, -0.2) is 81.9 Å². The van der Waals surface area contributed by atoms with Gasteiger partial charge in [-0.1, -0.05) is 0 Å². The molecule has 2 amide bonds. The minimum absolute atomic E-state index is 0.0503. The number of aliphatic hydroxyl groups is 1. The molecule has 3 aliphatic heterocycles. The Balaban J connectivity index is 1.66. The number of nitrogens with one attached hydrogen (secondary N) is 1. The number of nitrogens with zero attached hydrogens (tertiary/aromatic N) is 2. The first-order chi connectivity index (χ1) is 12.2. The molecule has 3 rings (SSSR count). The summed E-state index contributed by atoms with van der Waals surface area (Å²) in [5.74, 6) is -1.88. The number of likely N-dealkylation sites (N-methyl/N-ethyl adjacent to an activating group) is 1. The van der Waals surface area contributed by atoms with Crippen LogP contribution in [-0.2, 0) is 14.4 Å². The van der Waals surface area contributed by atoms with Gasteiger partial charge in [0.15, 0.2) is 0 Å². The second kappa shape index (κ2) is 7.21. The highest BCUT2D eigenvalue weighted by Crippen LogP contribution is 2.48. The van der Waals surface area contributed by atoms with Crippen LogP contribution in [0.25, 0.3) is 0 Å². The fourth-order valence-corrected chi connectivity index (χ4v) is 5.39. The molecule has 9 heteroatoms. The molecule has 0 aliphatic carbocycles. The highest BCUT2D eigenvalue weighted by Gasteiger charge is 2.57. The van der Waals surface area contributed by atoms with Gasteiger partial charge in [0, 0.05) is 37.2 Å². The van der Waals surface area contributed by atoms with E-state index in [4.69, 9.17) is 0 Å². The minimum Gasteiger partial charge on any atom is -0.477 e. The Morgan fingerprint density at radius 1 is 1.35 bits per heavy atom. The van der Waals surface area contributed by atoms with Crippen LogP contribution in [0.2, 0.25) is 0 Å². The number of rotatable bonds is 5. The average Bonchev–Trinajstić information content (AvgIpc) is 2.88. The van der Waals surface area contributed by atoms with E-state index in [2.05, 4.69) is 5.32 Å². The van der Waals surface area contributed by atoms with Crippen molar-refractivity contribution in [3.05, 3.63) is 10.6 Å². The Morgan fingerprint density at radius 3 is 2.54 bits per heavy atom. The second-order valence-corrected chi connectivity index (χ2v) is 8.73. The van der Waals surface area contributed by atoms with Crippen molar-refractivity contribution < 1.29 is 24.6 Å². The van der Waals surface area contributed by atoms with Crippen molar-refractivity contribution in [2.24, 2.45) is 5.92 Å². The van der Waals surface area contributed by atoms with E-state index in [1.54, 1.807) is 25.9 Å². The lowest BCUT2D eigenvalue weighted by Gasteiger charge is -2.44. The zero-order chi connectivity index (χ0) is 19.2. The third-order valence-electron chi connectivity index (χ3n) is 5.31. The number of aliphatic carboxylic acids is 1. The fourth-order valence-electron chi connectivity index (χ4n) is 3.99. The maximum absolute atomic E-state index is 12.2. The summed E-state index contributed by atoms with van der Waals surface area (Å²) in [4.78, 5) is 39.5. The quantitative estimate of drug-likeness (QED) is 0.566. The molecule has 0 aromatic heterocycles. The zero-order valence-corrected chi connectivity index (χ0v) is 16.0. The second-order valence-electron chi connectivity index (χ2n) is 7.33. The topological polar surface area (TPSA) is 110 Å². The number of thioether (sulfide) groups is 1. The largest absolute Gasteiger partial charge is 0.477 e. The monoisotopic (exact) mass is 383 g/mol. The van der Waals surface area contributed by atoms with Gasteiger partial charge in [-0.3, -0.25) is 9.59 Å². The first kappa shape index (κ1) is 19.2. The van der Waals surface area contributed by atoms with Gasteiger partial charge in [0.25, 0.3) is 0 Å². The van der Waals surface area contributed by atoms with Crippen LogP contribution in [0.5, 0.6) is 0 Å². The van der Waals surface area contributed by atoms with Crippen molar-refractivity contribution in [1.29, 1.82) is 0 Å². The van der Waals surface area contributed by atoms with E-state index in [0.29, 0.717) is 24.3 Å². The summed E-state index contributed by atoms with van der Waals surface area (Å²) in [6, 6.07) is -0.449. The van der Waals surface area contributed by atoms with Gasteiger partial charge >= 0.3 is 5.97 Å². The van der Waals surface area contributed by atoms with E-state index in [9.17, 15) is 24.6 Å². The van der Waals surface area contributed by atoms with E-state index in [1.165, 1.54) is 16.7 Å². The molecule has 0 unspecified atom stereocenters. The van der Waals surface area contributed by atoms with Crippen LogP contribution in [0, 0.1) is 5.92 Å². The highest BCUT2D eigenvalue weighted by atomic mass is 32.2. The predicted molar refractivity (Wildman–Crippen MR) is 96.2 cm³/mol. The molecule has 0 aromatic rings. The first-order valence-electron chi connectivity index (χ1n) is 8.81. The van der Waals surface area contributed by atoms with E-state index in [0.717, 1.165) is 6.42 Å². The molecule has 26 heavy (non-hydrogen) atoms. The molecular weight excluding hydrogens is 358 g/mol. The summed E-state index contributed by atoms with van der Waals surface area (Å²) >= 11 is 1.49. The van der Waals surface area contributed by atoms with Crippen LogP contribution >= 0.6 is 11.8 Å². The number of carboxylic acid groups (broad SMARTS) is 1. The summed E-state index contributed by atoms with van der Waals surface area (Å²) in [7, 11) is 3.46. The third kappa shape index (κ3) is 3.23. The van der Waals surface area contributed by atoms with Gasteiger partial charge in [-0.2, -0.15) is 0 Å². The Labute approximate surface area is 156 Å². The summed E-state index contributed by atoms with van der Waals surface area (Å²) in [6.45, 7) is 2.18. The number of hydrogen-bond acceptors (Lipinski definition) is 6. The number of carboxylic acids is 1. The minimum atomic E-state index is -1.10. The number of aliphatic hydroxyl groups excluding tert-OH is 1. The Morgan fingerprint density at radius 2 is 2.04 bits per heavy atom. The Kier molecular flexibility index (Phi) is 5.32. The third-order valence-corrected chi connectivity index (χ3v) is 6.69. The van der Waals surface area contributed by atoms with Gasteiger partial charge in [-0.05, 0) is 19.8 Å². The number of carbonyl (C=O) groups is 3. The van der Waals surface area contributed by atoms with Gasteiger partial charge in [0.05, 0.1) is 24.1 Å². The summed E-state index contributed by atoms with van der Waals surface area (Å²) < 4.78 is 0. The van der Waals surface area contributed by atoms with E-state index in [-0.39, 0.29) is 34.8 Å². The summed E-state index contributed by atoms with van der Waals surface area (Å²) in [5, 5.41) is 22.7. The molecule has 2 fully saturated rings. The predicted octanol–water partition coefficient (Wildman–Crippen LogP) is -0.164. The lowest BCUT2D eigenvalue weighted by molar-refractivity contribution is -0.161. The molecular formula is C17H25N3O5S. The SMILES string of the molecule is C[C@@H](O)[C@H]1C(=O)N2C(C(=O)O)=C(S[C@H]3CC[C@@H](C(=O)N(C)C)NC3)C[C@H]12. The van der Waals surface area contributed by atoms with E-state index in [1.807, 2.05) is 0 Å². The van der Waals surface area contributed by atoms with E-state index < -0.39 is 18.0 Å². The van der Waals surface area contributed by atoms with Crippen molar-refractivity contribution >= 4 is 29.5 Å². The lowest BCUT2D eigenvalue weighted by Crippen LogP contribution is -2.61. The van der Waals surface area contributed by atoms with Crippen molar-refractivity contribution in [2.45, 2.75) is 49.6 Å². The molecule has 0 radical (unpaired) electrons.